The molecular formula is C17H17FN2O3S. The van der Waals surface area contributed by atoms with Crippen LogP contribution in [0.1, 0.15) is 19.0 Å². The van der Waals surface area contributed by atoms with E-state index in [-0.39, 0.29) is 24.2 Å². The van der Waals surface area contributed by atoms with Gasteiger partial charge in [0, 0.05) is 23.5 Å². The van der Waals surface area contributed by atoms with Crippen molar-refractivity contribution < 1.29 is 19.1 Å². The van der Waals surface area contributed by atoms with Crippen LogP contribution in [0.5, 0.6) is 0 Å². The number of benzene rings is 1. The Balaban J connectivity index is 1.69. The highest BCUT2D eigenvalue weighted by Gasteiger charge is 2.38. The van der Waals surface area contributed by atoms with Crippen molar-refractivity contribution in [3.63, 3.8) is 0 Å². The predicted octanol–water partition coefficient (Wildman–Crippen LogP) is 2.81. The Hall–Kier alpha value is -2.28. The second kappa shape index (κ2) is 6.68. The Labute approximate surface area is 142 Å². The zero-order valence-electron chi connectivity index (χ0n) is 13.1. The second-order valence-corrected chi connectivity index (χ2v) is 6.75. The van der Waals surface area contributed by atoms with Crippen LogP contribution in [-0.4, -0.2) is 39.5 Å². The standard InChI is InChI=1S/C17H17FN2O3S/c1-10-14(17(22)23)5-6-20(10)15(21)8-13-9-24-16(19-13)11-3-2-4-12(18)7-11/h2-4,7,9-10,14H,5-6,8H2,1H3,(H,22,23). The summed E-state index contributed by atoms with van der Waals surface area (Å²) in [5, 5.41) is 11.6. The van der Waals surface area contributed by atoms with Crippen molar-refractivity contribution in [2.75, 3.05) is 6.54 Å². The lowest BCUT2D eigenvalue weighted by Crippen LogP contribution is -2.38. The summed E-state index contributed by atoms with van der Waals surface area (Å²) < 4.78 is 13.3. The molecule has 1 fully saturated rings. The number of aliphatic carboxylic acids is 1. The predicted molar refractivity (Wildman–Crippen MR) is 88.1 cm³/mol. The molecule has 2 heterocycles. The average Bonchev–Trinajstić information content (AvgIpc) is 3.14. The third-order valence-corrected chi connectivity index (χ3v) is 5.29. The molecule has 126 valence electrons. The van der Waals surface area contributed by atoms with Crippen LogP contribution in [-0.2, 0) is 16.0 Å². The zero-order chi connectivity index (χ0) is 17.3. The van der Waals surface area contributed by atoms with Gasteiger partial charge in [0.1, 0.15) is 10.8 Å². The summed E-state index contributed by atoms with van der Waals surface area (Å²) in [4.78, 5) is 29.6. The van der Waals surface area contributed by atoms with Crippen LogP contribution >= 0.6 is 11.3 Å². The molecule has 1 aromatic heterocycles. The summed E-state index contributed by atoms with van der Waals surface area (Å²) in [6, 6.07) is 5.86. The molecule has 0 aliphatic carbocycles. The fraction of sp³-hybridized carbons (Fsp3) is 0.353. The van der Waals surface area contributed by atoms with Crippen molar-refractivity contribution >= 4 is 23.2 Å². The summed E-state index contributed by atoms with van der Waals surface area (Å²) in [5.41, 5.74) is 1.30. The normalized spacial score (nSPS) is 20.3. The molecule has 3 rings (SSSR count). The number of nitrogens with zero attached hydrogens (tertiary/aromatic N) is 2. The van der Waals surface area contributed by atoms with E-state index in [4.69, 9.17) is 5.11 Å². The molecule has 1 aliphatic heterocycles. The molecule has 1 N–H and O–H groups in total. The molecular weight excluding hydrogens is 331 g/mol. The Morgan fingerprint density at radius 3 is 2.92 bits per heavy atom. The van der Waals surface area contributed by atoms with Crippen LogP contribution < -0.4 is 0 Å². The number of carboxylic acid groups (broad SMARTS) is 1. The van der Waals surface area contributed by atoms with Gasteiger partial charge in [-0.05, 0) is 25.5 Å². The molecule has 0 bridgehead atoms. The van der Waals surface area contributed by atoms with E-state index in [1.54, 1.807) is 29.3 Å². The van der Waals surface area contributed by atoms with Crippen LogP contribution in [0.15, 0.2) is 29.6 Å². The number of hydrogen-bond acceptors (Lipinski definition) is 4. The number of aromatic nitrogens is 1. The van der Waals surface area contributed by atoms with Crippen molar-refractivity contribution in [2.45, 2.75) is 25.8 Å². The first kappa shape index (κ1) is 16.6. The third-order valence-electron chi connectivity index (χ3n) is 4.35. The highest BCUT2D eigenvalue weighted by molar-refractivity contribution is 7.13. The summed E-state index contributed by atoms with van der Waals surface area (Å²) in [6.45, 7) is 2.22. The summed E-state index contributed by atoms with van der Waals surface area (Å²) >= 11 is 1.36. The highest BCUT2D eigenvalue weighted by atomic mass is 32.1. The average molecular weight is 348 g/mol. The lowest BCUT2D eigenvalue weighted by atomic mass is 10.0. The van der Waals surface area contributed by atoms with E-state index in [1.165, 1.54) is 23.5 Å². The monoisotopic (exact) mass is 348 g/mol. The molecule has 1 amide bonds. The van der Waals surface area contributed by atoms with E-state index < -0.39 is 11.9 Å². The SMILES string of the molecule is CC1C(C(=O)O)CCN1C(=O)Cc1csc(-c2cccc(F)c2)n1. The van der Waals surface area contributed by atoms with E-state index >= 15 is 0 Å². The van der Waals surface area contributed by atoms with Gasteiger partial charge in [-0.15, -0.1) is 11.3 Å². The molecule has 0 radical (unpaired) electrons. The molecule has 0 saturated carbocycles. The van der Waals surface area contributed by atoms with Gasteiger partial charge in [-0.25, -0.2) is 9.37 Å². The summed E-state index contributed by atoms with van der Waals surface area (Å²) in [6.07, 6.45) is 0.607. The minimum absolute atomic E-state index is 0.123. The maximum absolute atomic E-state index is 13.3. The summed E-state index contributed by atoms with van der Waals surface area (Å²) in [7, 11) is 0. The first-order valence-corrected chi connectivity index (χ1v) is 8.56. The molecule has 1 aliphatic rings. The van der Waals surface area contributed by atoms with Crippen LogP contribution in [0.3, 0.4) is 0 Å². The van der Waals surface area contributed by atoms with Crippen molar-refractivity contribution in [2.24, 2.45) is 5.92 Å². The number of halogens is 1. The number of thiazole rings is 1. The van der Waals surface area contributed by atoms with Gasteiger partial charge in [0.25, 0.3) is 0 Å². The molecule has 1 saturated heterocycles. The number of rotatable bonds is 4. The van der Waals surface area contributed by atoms with E-state index in [2.05, 4.69) is 4.98 Å². The van der Waals surface area contributed by atoms with E-state index in [0.29, 0.717) is 29.2 Å². The first-order valence-electron chi connectivity index (χ1n) is 7.68. The van der Waals surface area contributed by atoms with Gasteiger partial charge < -0.3 is 10.0 Å². The van der Waals surface area contributed by atoms with Crippen molar-refractivity contribution in [1.29, 1.82) is 0 Å². The Morgan fingerprint density at radius 1 is 1.46 bits per heavy atom. The van der Waals surface area contributed by atoms with Crippen molar-refractivity contribution in [3.8, 4) is 10.6 Å². The van der Waals surface area contributed by atoms with Crippen LogP contribution in [0.2, 0.25) is 0 Å². The fourth-order valence-electron chi connectivity index (χ4n) is 3.02. The van der Waals surface area contributed by atoms with Crippen LogP contribution in [0, 0.1) is 11.7 Å². The van der Waals surface area contributed by atoms with Gasteiger partial charge in [0.2, 0.25) is 5.91 Å². The van der Waals surface area contributed by atoms with Crippen LogP contribution in [0.4, 0.5) is 4.39 Å². The smallest absolute Gasteiger partial charge is 0.308 e. The molecule has 5 nitrogen and oxygen atoms in total. The fourth-order valence-corrected chi connectivity index (χ4v) is 3.84. The molecule has 0 spiro atoms. The molecule has 24 heavy (non-hydrogen) atoms. The van der Waals surface area contributed by atoms with Crippen LogP contribution in [0.25, 0.3) is 10.6 Å². The van der Waals surface area contributed by atoms with Gasteiger partial charge >= 0.3 is 5.97 Å². The van der Waals surface area contributed by atoms with Crippen molar-refractivity contribution in [3.05, 3.63) is 41.2 Å². The van der Waals surface area contributed by atoms with Gasteiger partial charge in [0.05, 0.1) is 18.0 Å². The van der Waals surface area contributed by atoms with Gasteiger partial charge in [0.15, 0.2) is 0 Å². The zero-order valence-corrected chi connectivity index (χ0v) is 13.9. The second-order valence-electron chi connectivity index (χ2n) is 5.89. The molecule has 2 atom stereocenters. The van der Waals surface area contributed by atoms with Gasteiger partial charge in [-0.3, -0.25) is 9.59 Å². The maximum Gasteiger partial charge on any atom is 0.308 e. The highest BCUT2D eigenvalue weighted by Crippen LogP contribution is 2.27. The molecule has 1 aromatic carbocycles. The van der Waals surface area contributed by atoms with Crippen molar-refractivity contribution in [1.82, 2.24) is 9.88 Å². The number of carboxylic acids is 1. The molecule has 2 unspecified atom stereocenters. The topological polar surface area (TPSA) is 70.5 Å². The quantitative estimate of drug-likeness (QED) is 0.922. The van der Waals surface area contributed by atoms with E-state index in [0.717, 1.165) is 0 Å². The number of carbonyl (C=O) groups is 2. The minimum Gasteiger partial charge on any atom is -0.481 e. The number of likely N-dealkylation sites (tertiary alicyclic amines) is 1. The summed E-state index contributed by atoms with van der Waals surface area (Å²) in [5.74, 6) is -1.82. The van der Waals surface area contributed by atoms with Gasteiger partial charge in [-0.1, -0.05) is 12.1 Å². The van der Waals surface area contributed by atoms with Gasteiger partial charge in [-0.2, -0.15) is 0 Å². The van der Waals surface area contributed by atoms with E-state index in [9.17, 15) is 14.0 Å². The molecule has 7 heteroatoms. The molecule has 2 aromatic rings. The van der Waals surface area contributed by atoms with E-state index in [1.807, 2.05) is 0 Å². The Bertz CT molecular complexity index is 777. The minimum atomic E-state index is -0.861. The number of amides is 1. The first-order chi connectivity index (χ1) is 11.5. The lowest BCUT2D eigenvalue weighted by Gasteiger charge is -2.22. The third kappa shape index (κ3) is 3.31. The largest absolute Gasteiger partial charge is 0.481 e. The Kier molecular flexibility index (Phi) is 4.62. The maximum atomic E-state index is 13.3. The number of carbonyl (C=O) groups excluding carboxylic acids is 1. The Morgan fingerprint density at radius 2 is 2.25 bits per heavy atom. The lowest BCUT2D eigenvalue weighted by molar-refractivity contribution is -0.143. The number of hydrogen-bond donors (Lipinski definition) is 1.